The van der Waals surface area contributed by atoms with Crippen LogP contribution in [0.25, 0.3) is 12.2 Å². The molecule has 27 heavy (non-hydrogen) atoms. The second-order valence-electron chi connectivity index (χ2n) is 6.81. The lowest BCUT2D eigenvalue weighted by Gasteiger charge is -2.12. The summed E-state index contributed by atoms with van der Waals surface area (Å²) in [5.41, 5.74) is 0.228. The minimum absolute atomic E-state index is 0.00372. The molecule has 0 radical (unpaired) electrons. The van der Waals surface area contributed by atoms with Crippen LogP contribution in [0, 0.1) is 0 Å². The number of phenolic OH excluding ortho intramolecular Hbond substituents is 1. The monoisotopic (exact) mass is 384 g/mol. The predicted molar refractivity (Wildman–Crippen MR) is 107 cm³/mol. The maximum Gasteiger partial charge on any atom is 0.325 e. The standard InChI is InChI=1S/C19H20N4O3S/c1-19(2,3)15-11-20-16(26-15)9-8-12-10-21-18(27-12)23-17(25)22-13-6-4-5-7-14(13)24/h4-11,24H,1-3H3,(H2,21,22,23,25). The number of rotatable bonds is 4. The number of hydrogen-bond donors (Lipinski definition) is 3. The summed E-state index contributed by atoms with van der Waals surface area (Å²) in [5, 5.41) is 15.3. The number of anilines is 2. The van der Waals surface area contributed by atoms with Crippen molar-refractivity contribution in [3.8, 4) is 5.75 Å². The van der Waals surface area contributed by atoms with Crippen LogP contribution < -0.4 is 10.6 Å². The first-order valence-corrected chi connectivity index (χ1v) is 9.09. The number of aromatic hydroxyl groups is 1. The molecule has 2 amide bonds. The van der Waals surface area contributed by atoms with Gasteiger partial charge in [-0.25, -0.2) is 14.8 Å². The van der Waals surface area contributed by atoms with Crippen molar-refractivity contribution >= 4 is 40.3 Å². The highest BCUT2D eigenvalue weighted by atomic mass is 32.1. The molecule has 0 unspecified atom stereocenters. The first-order valence-electron chi connectivity index (χ1n) is 8.27. The largest absolute Gasteiger partial charge is 0.506 e. The van der Waals surface area contributed by atoms with Crippen molar-refractivity contribution in [2.75, 3.05) is 10.6 Å². The van der Waals surface area contributed by atoms with Gasteiger partial charge >= 0.3 is 6.03 Å². The van der Waals surface area contributed by atoms with E-state index in [9.17, 15) is 9.90 Å². The highest BCUT2D eigenvalue weighted by molar-refractivity contribution is 7.16. The van der Waals surface area contributed by atoms with Crippen LogP contribution in [0.5, 0.6) is 5.75 Å². The van der Waals surface area contributed by atoms with E-state index < -0.39 is 6.03 Å². The molecular weight excluding hydrogens is 364 g/mol. The smallest absolute Gasteiger partial charge is 0.325 e. The van der Waals surface area contributed by atoms with Crippen LogP contribution in [0.3, 0.4) is 0 Å². The average Bonchev–Trinajstić information content (AvgIpc) is 3.24. The molecule has 3 rings (SSSR count). The lowest BCUT2D eigenvalue weighted by atomic mass is 9.94. The number of aromatic nitrogens is 2. The zero-order valence-corrected chi connectivity index (χ0v) is 16.0. The Hall–Kier alpha value is -3.13. The van der Waals surface area contributed by atoms with E-state index in [1.807, 2.05) is 6.08 Å². The van der Waals surface area contributed by atoms with E-state index in [1.165, 1.54) is 17.4 Å². The van der Waals surface area contributed by atoms with Crippen LogP contribution in [-0.4, -0.2) is 21.1 Å². The molecule has 3 N–H and O–H groups in total. The lowest BCUT2D eigenvalue weighted by molar-refractivity contribution is 0.262. The van der Waals surface area contributed by atoms with Crippen molar-refractivity contribution in [3.05, 3.63) is 53.2 Å². The Morgan fingerprint density at radius 3 is 2.63 bits per heavy atom. The van der Waals surface area contributed by atoms with Gasteiger partial charge in [0.2, 0.25) is 5.89 Å². The van der Waals surface area contributed by atoms with Crippen LogP contribution in [-0.2, 0) is 5.41 Å². The van der Waals surface area contributed by atoms with Gasteiger partial charge in [0.25, 0.3) is 0 Å². The first kappa shape index (κ1) is 18.7. The average molecular weight is 384 g/mol. The van der Waals surface area contributed by atoms with E-state index in [0.717, 1.165) is 10.6 Å². The van der Waals surface area contributed by atoms with Gasteiger partial charge in [-0.15, -0.1) is 0 Å². The molecule has 1 aromatic carbocycles. The van der Waals surface area contributed by atoms with Gasteiger partial charge in [0.05, 0.1) is 11.9 Å². The van der Waals surface area contributed by atoms with Gasteiger partial charge in [0.1, 0.15) is 11.5 Å². The third kappa shape index (κ3) is 4.95. The van der Waals surface area contributed by atoms with Gasteiger partial charge in [-0.1, -0.05) is 44.2 Å². The molecule has 140 valence electrons. The van der Waals surface area contributed by atoms with Crippen LogP contribution in [0.15, 0.2) is 41.1 Å². The Morgan fingerprint density at radius 1 is 1.15 bits per heavy atom. The summed E-state index contributed by atoms with van der Waals surface area (Å²) in [5.74, 6) is 1.32. The highest BCUT2D eigenvalue weighted by Crippen LogP contribution is 2.25. The predicted octanol–water partition coefficient (Wildman–Crippen LogP) is 4.95. The summed E-state index contributed by atoms with van der Waals surface area (Å²) in [4.78, 5) is 21.2. The van der Waals surface area contributed by atoms with Crippen LogP contribution in [0.4, 0.5) is 15.6 Å². The van der Waals surface area contributed by atoms with Crippen LogP contribution >= 0.6 is 11.3 Å². The number of benzene rings is 1. The minimum Gasteiger partial charge on any atom is -0.506 e. The lowest BCUT2D eigenvalue weighted by Crippen LogP contribution is -2.19. The quantitative estimate of drug-likeness (QED) is 0.553. The van der Waals surface area contributed by atoms with Crippen molar-refractivity contribution in [1.29, 1.82) is 0 Å². The summed E-state index contributed by atoms with van der Waals surface area (Å²) in [6.45, 7) is 6.17. The fourth-order valence-corrected chi connectivity index (χ4v) is 2.83. The highest BCUT2D eigenvalue weighted by Gasteiger charge is 2.18. The van der Waals surface area contributed by atoms with E-state index in [4.69, 9.17) is 4.42 Å². The van der Waals surface area contributed by atoms with Gasteiger partial charge < -0.3 is 14.8 Å². The second kappa shape index (κ2) is 7.63. The molecule has 2 aromatic heterocycles. The van der Waals surface area contributed by atoms with Crippen molar-refractivity contribution in [2.24, 2.45) is 0 Å². The van der Waals surface area contributed by atoms with Gasteiger partial charge in [-0.3, -0.25) is 5.32 Å². The third-order valence-corrected chi connectivity index (χ3v) is 4.43. The molecule has 0 aliphatic heterocycles. The molecule has 0 atom stereocenters. The molecule has 0 aliphatic rings. The number of carbonyl (C=O) groups is 1. The summed E-state index contributed by atoms with van der Waals surface area (Å²) in [6, 6.07) is 6.01. The molecule has 2 heterocycles. The zero-order chi connectivity index (χ0) is 19.4. The molecule has 0 bridgehead atoms. The molecule has 7 nitrogen and oxygen atoms in total. The number of hydrogen-bond acceptors (Lipinski definition) is 6. The number of urea groups is 1. The van der Waals surface area contributed by atoms with E-state index >= 15 is 0 Å². The number of carbonyl (C=O) groups excluding carboxylic acids is 1. The Kier molecular flexibility index (Phi) is 5.27. The number of thiazole rings is 1. The number of nitrogens with zero attached hydrogens (tertiary/aromatic N) is 2. The minimum atomic E-state index is -0.483. The number of amides is 2. The molecule has 0 spiro atoms. The van der Waals surface area contributed by atoms with E-state index in [2.05, 4.69) is 41.4 Å². The van der Waals surface area contributed by atoms with Crippen molar-refractivity contribution in [3.63, 3.8) is 0 Å². The number of nitrogens with one attached hydrogen (secondary N) is 2. The Labute approximate surface area is 160 Å². The maximum absolute atomic E-state index is 12.0. The van der Waals surface area contributed by atoms with Crippen molar-refractivity contribution in [1.82, 2.24) is 9.97 Å². The van der Waals surface area contributed by atoms with E-state index in [-0.39, 0.29) is 11.2 Å². The normalized spacial score (nSPS) is 11.7. The fraction of sp³-hybridized carbons (Fsp3) is 0.211. The Bertz CT molecular complexity index is 969. The zero-order valence-electron chi connectivity index (χ0n) is 15.2. The molecule has 0 fully saturated rings. The third-order valence-electron chi connectivity index (χ3n) is 3.55. The fourth-order valence-electron chi connectivity index (χ4n) is 2.12. The van der Waals surface area contributed by atoms with Gasteiger partial charge in [-0.2, -0.15) is 0 Å². The molecule has 0 saturated carbocycles. The summed E-state index contributed by atoms with van der Waals surface area (Å²) < 4.78 is 5.70. The number of oxazole rings is 1. The van der Waals surface area contributed by atoms with Crippen molar-refractivity contribution in [2.45, 2.75) is 26.2 Å². The number of para-hydroxylation sites is 2. The second-order valence-corrected chi connectivity index (χ2v) is 7.87. The summed E-state index contributed by atoms with van der Waals surface area (Å²) >= 11 is 1.31. The van der Waals surface area contributed by atoms with Crippen LogP contribution in [0.2, 0.25) is 0 Å². The van der Waals surface area contributed by atoms with Gasteiger partial charge in [0.15, 0.2) is 5.13 Å². The molecule has 8 heteroatoms. The Morgan fingerprint density at radius 2 is 1.93 bits per heavy atom. The van der Waals surface area contributed by atoms with E-state index in [0.29, 0.717) is 16.7 Å². The first-order chi connectivity index (χ1) is 12.8. The molecular formula is C19H20N4O3S. The Balaban J connectivity index is 1.60. The summed E-state index contributed by atoms with van der Waals surface area (Å²) in [7, 11) is 0. The van der Waals surface area contributed by atoms with Crippen molar-refractivity contribution < 1.29 is 14.3 Å². The van der Waals surface area contributed by atoms with Crippen LogP contribution in [0.1, 0.15) is 37.3 Å². The summed E-state index contributed by atoms with van der Waals surface area (Å²) in [6.07, 6.45) is 6.95. The van der Waals surface area contributed by atoms with Gasteiger partial charge in [0, 0.05) is 22.6 Å². The van der Waals surface area contributed by atoms with E-state index in [1.54, 1.807) is 36.7 Å². The molecule has 0 saturated heterocycles. The number of phenols is 1. The molecule has 3 aromatic rings. The van der Waals surface area contributed by atoms with Gasteiger partial charge in [-0.05, 0) is 18.2 Å². The maximum atomic E-state index is 12.0. The SMILES string of the molecule is CC(C)(C)c1cnc(C=Cc2cnc(NC(=O)Nc3ccccc3O)s2)o1. The topological polar surface area (TPSA) is 100 Å². The molecule has 0 aliphatic carbocycles.